The van der Waals surface area contributed by atoms with E-state index in [9.17, 15) is 5.11 Å². The second kappa shape index (κ2) is 6.16. The maximum absolute atomic E-state index is 9.34. The topological polar surface area (TPSA) is 39.6 Å². The molecule has 0 saturated carbocycles. The molecular formula is C14H23N3O. The van der Waals surface area contributed by atoms with E-state index in [4.69, 9.17) is 0 Å². The van der Waals surface area contributed by atoms with E-state index < -0.39 is 0 Å². The molecule has 0 spiro atoms. The fraction of sp³-hybridized carbons (Fsp3) is 0.643. The van der Waals surface area contributed by atoms with Crippen LogP contribution in [0, 0.1) is 5.92 Å². The number of piperazine rings is 1. The van der Waals surface area contributed by atoms with Gasteiger partial charge < -0.3 is 10.0 Å². The van der Waals surface area contributed by atoms with Crippen LogP contribution in [0.2, 0.25) is 0 Å². The predicted molar refractivity (Wildman–Crippen MR) is 73.7 cm³/mol. The second-order valence-electron chi connectivity index (χ2n) is 5.33. The molecule has 0 aromatic carbocycles. The van der Waals surface area contributed by atoms with Gasteiger partial charge >= 0.3 is 0 Å². The first-order valence-corrected chi connectivity index (χ1v) is 6.72. The quantitative estimate of drug-likeness (QED) is 0.874. The number of nitrogens with zero attached hydrogens (tertiary/aromatic N) is 3. The summed E-state index contributed by atoms with van der Waals surface area (Å²) in [4.78, 5) is 9.19. The summed E-state index contributed by atoms with van der Waals surface area (Å²) in [5.41, 5.74) is 0.926. The average Bonchev–Trinajstić information content (AvgIpc) is 2.39. The molecule has 2 heterocycles. The molecule has 1 saturated heterocycles. The molecule has 100 valence electrons. The zero-order chi connectivity index (χ0) is 13.0. The summed E-state index contributed by atoms with van der Waals surface area (Å²) in [5, 5.41) is 9.34. The van der Waals surface area contributed by atoms with Gasteiger partial charge in [-0.1, -0.05) is 19.9 Å². The molecule has 0 aliphatic carbocycles. The Labute approximate surface area is 109 Å². The number of anilines is 1. The Balaban J connectivity index is 1.97. The Morgan fingerprint density at radius 1 is 1.28 bits per heavy atom. The predicted octanol–water partition coefficient (Wildman–Crippen LogP) is 1.35. The van der Waals surface area contributed by atoms with Crippen LogP contribution in [0.5, 0.6) is 0 Å². The van der Waals surface area contributed by atoms with Crippen LogP contribution < -0.4 is 4.90 Å². The van der Waals surface area contributed by atoms with E-state index in [2.05, 4.69) is 28.6 Å². The van der Waals surface area contributed by atoms with E-state index in [1.807, 2.05) is 12.1 Å². The first-order valence-electron chi connectivity index (χ1n) is 6.72. The lowest BCUT2D eigenvalue weighted by molar-refractivity contribution is 0.230. The SMILES string of the molecule is CC(C)CN1CCN(c2ncccc2CO)CC1. The molecule has 1 aliphatic rings. The third-order valence-electron chi connectivity index (χ3n) is 3.33. The van der Waals surface area contributed by atoms with E-state index >= 15 is 0 Å². The average molecular weight is 249 g/mol. The molecule has 1 aromatic rings. The van der Waals surface area contributed by atoms with Crippen molar-refractivity contribution in [1.29, 1.82) is 0 Å². The Morgan fingerprint density at radius 3 is 2.61 bits per heavy atom. The highest BCUT2D eigenvalue weighted by Gasteiger charge is 2.19. The largest absolute Gasteiger partial charge is 0.392 e. The van der Waals surface area contributed by atoms with Gasteiger partial charge in [-0.25, -0.2) is 4.98 Å². The molecular weight excluding hydrogens is 226 g/mol. The fourth-order valence-corrected chi connectivity index (χ4v) is 2.50. The molecule has 0 amide bonds. The molecule has 1 N–H and O–H groups in total. The molecule has 2 rings (SSSR count). The lowest BCUT2D eigenvalue weighted by atomic mass is 10.2. The third kappa shape index (κ3) is 3.21. The van der Waals surface area contributed by atoms with Gasteiger partial charge in [-0.15, -0.1) is 0 Å². The molecule has 4 heteroatoms. The highest BCUT2D eigenvalue weighted by molar-refractivity contribution is 5.46. The minimum atomic E-state index is 0.0649. The van der Waals surface area contributed by atoms with Crippen molar-refractivity contribution in [2.45, 2.75) is 20.5 Å². The molecule has 0 radical (unpaired) electrons. The lowest BCUT2D eigenvalue weighted by Gasteiger charge is -2.36. The van der Waals surface area contributed by atoms with Crippen LogP contribution >= 0.6 is 0 Å². The Hall–Kier alpha value is -1.13. The van der Waals surface area contributed by atoms with E-state index in [0.717, 1.165) is 43.5 Å². The second-order valence-corrected chi connectivity index (χ2v) is 5.33. The summed E-state index contributed by atoms with van der Waals surface area (Å²) in [6.45, 7) is 9.91. The van der Waals surface area contributed by atoms with Crippen molar-refractivity contribution in [3.05, 3.63) is 23.9 Å². The highest BCUT2D eigenvalue weighted by atomic mass is 16.3. The van der Waals surface area contributed by atoms with Gasteiger partial charge in [-0.2, -0.15) is 0 Å². The molecule has 0 unspecified atom stereocenters. The monoisotopic (exact) mass is 249 g/mol. The van der Waals surface area contributed by atoms with Gasteiger partial charge in [0.05, 0.1) is 6.61 Å². The zero-order valence-corrected chi connectivity index (χ0v) is 11.3. The zero-order valence-electron chi connectivity index (χ0n) is 11.3. The van der Waals surface area contributed by atoms with Crippen molar-refractivity contribution in [2.75, 3.05) is 37.6 Å². The number of hydrogen-bond acceptors (Lipinski definition) is 4. The van der Waals surface area contributed by atoms with E-state index in [-0.39, 0.29) is 6.61 Å². The molecule has 1 fully saturated rings. The minimum absolute atomic E-state index is 0.0649. The summed E-state index contributed by atoms with van der Waals surface area (Å²) in [6.07, 6.45) is 1.80. The van der Waals surface area contributed by atoms with Crippen molar-refractivity contribution in [1.82, 2.24) is 9.88 Å². The van der Waals surface area contributed by atoms with Crippen molar-refractivity contribution < 1.29 is 5.11 Å². The van der Waals surface area contributed by atoms with E-state index in [1.165, 1.54) is 6.54 Å². The number of aliphatic hydroxyl groups is 1. The normalized spacial score (nSPS) is 17.4. The lowest BCUT2D eigenvalue weighted by Crippen LogP contribution is -2.48. The Bertz CT molecular complexity index is 373. The molecule has 0 bridgehead atoms. The van der Waals surface area contributed by atoms with Gasteiger partial charge in [0.25, 0.3) is 0 Å². The van der Waals surface area contributed by atoms with Gasteiger partial charge in [0, 0.05) is 44.5 Å². The maximum Gasteiger partial charge on any atom is 0.134 e. The highest BCUT2D eigenvalue weighted by Crippen LogP contribution is 2.19. The number of pyridine rings is 1. The summed E-state index contributed by atoms with van der Waals surface area (Å²) < 4.78 is 0. The van der Waals surface area contributed by atoms with Crippen LogP contribution in [-0.2, 0) is 6.61 Å². The van der Waals surface area contributed by atoms with Crippen LogP contribution in [0.25, 0.3) is 0 Å². The number of rotatable bonds is 4. The summed E-state index contributed by atoms with van der Waals surface area (Å²) >= 11 is 0. The van der Waals surface area contributed by atoms with E-state index in [1.54, 1.807) is 6.20 Å². The minimum Gasteiger partial charge on any atom is -0.392 e. The summed E-state index contributed by atoms with van der Waals surface area (Å²) in [7, 11) is 0. The standard InChI is InChI=1S/C14H23N3O/c1-12(2)10-16-6-8-17(9-7-16)14-13(11-18)4-3-5-15-14/h3-5,12,18H,6-11H2,1-2H3. The van der Waals surface area contributed by atoms with E-state index in [0.29, 0.717) is 0 Å². The van der Waals surface area contributed by atoms with Crippen LogP contribution in [0.15, 0.2) is 18.3 Å². The summed E-state index contributed by atoms with van der Waals surface area (Å²) in [6, 6.07) is 3.83. The maximum atomic E-state index is 9.34. The smallest absolute Gasteiger partial charge is 0.134 e. The Kier molecular flexibility index (Phi) is 4.55. The van der Waals surface area contributed by atoms with Crippen molar-refractivity contribution >= 4 is 5.82 Å². The molecule has 0 atom stereocenters. The third-order valence-corrected chi connectivity index (χ3v) is 3.33. The molecule has 1 aliphatic heterocycles. The first kappa shape index (κ1) is 13.3. The molecule has 1 aromatic heterocycles. The van der Waals surface area contributed by atoms with Gasteiger partial charge in [0.15, 0.2) is 0 Å². The fourth-order valence-electron chi connectivity index (χ4n) is 2.50. The van der Waals surface area contributed by atoms with Gasteiger partial charge in [-0.05, 0) is 12.0 Å². The van der Waals surface area contributed by atoms with Crippen molar-refractivity contribution in [2.24, 2.45) is 5.92 Å². The van der Waals surface area contributed by atoms with Crippen molar-refractivity contribution in [3.63, 3.8) is 0 Å². The van der Waals surface area contributed by atoms with Crippen molar-refractivity contribution in [3.8, 4) is 0 Å². The summed E-state index contributed by atoms with van der Waals surface area (Å²) in [5.74, 6) is 1.67. The van der Waals surface area contributed by atoms with Crippen LogP contribution in [-0.4, -0.2) is 47.7 Å². The van der Waals surface area contributed by atoms with Gasteiger partial charge in [-0.3, -0.25) is 4.90 Å². The molecule has 4 nitrogen and oxygen atoms in total. The number of aromatic nitrogens is 1. The van der Waals surface area contributed by atoms with Gasteiger partial charge in [0.2, 0.25) is 0 Å². The van der Waals surface area contributed by atoms with Crippen LogP contribution in [0.3, 0.4) is 0 Å². The number of aliphatic hydroxyl groups excluding tert-OH is 1. The van der Waals surface area contributed by atoms with Crippen LogP contribution in [0.4, 0.5) is 5.82 Å². The number of hydrogen-bond donors (Lipinski definition) is 1. The van der Waals surface area contributed by atoms with Gasteiger partial charge in [0.1, 0.15) is 5.82 Å². The molecule has 18 heavy (non-hydrogen) atoms. The Morgan fingerprint density at radius 2 is 2.00 bits per heavy atom. The first-order chi connectivity index (χ1) is 8.70. The van der Waals surface area contributed by atoms with Crippen LogP contribution in [0.1, 0.15) is 19.4 Å².